The van der Waals surface area contributed by atoms with Crippen molar-refractivity contribution in [3.8, 4) is 0 Å². The van der Waals surface area contributed by atoms with Gasteiger partial charge in [0.15, 0.2) is 0 Å². The van der Waals surface area contributed by atoms with Crippen LogP contribution in [-0.4, -0.2) is 33.4 Å². The van der Waals surface area contributed by atoms with E-state index in [2.05, 4.69) is 10.6 Å². The zero-order chi connectivity index (χ0) is 12.5. The van der Waals surface area contributed by atoms with Gasteiger partial charge in [-0.15, -0.1) is 0 Å². The number of anilines is 1. The molecular weight excluding hydrogens is 259 g/mol. The Labute approximate surface area is 112 Å². The Morgan fingerprint density at radius 2 is 2.00 bits per heavy atom. The summed E-state index contributed by atoms with van der Waals surface area (Å²) in [4.78, 5) is 0. The Morgan fingerprint density at radius 1 is 1.18 bits per heavy atom. The van der Waals surface area contributed by atoms with Crippen molar-refractivity contribution in [2.24, 2.45) is 0 Å². The van der Waals surface area contributed by atoms with Crippen molar-refractivity contribution >= 4 is 28.9 Å². The Balaban J connectivity index is 2.14. The zero-order valence-electron chi connectivity index (χ0n) is 9.93. The summed E-state index contributed by atoms with van der Waals surface area (Å²) in [7, 11) is 1.71. The smallest absolute Gasteiger partial charge is 0.0652 e. The van der Waals surface area contributed by atoms with E-state index in [0.717, 1.165) is 38.3 Å². The van der Waals surface area contributed by atoms with Gasteiger partial charge in [0.1, 0.15) is 0 Å². The first-order valence-electron chi connectivity index (χ1n) is 5.62. The standard InChI is InChI=1S/C12H18Cl2N2O/c1-17-8-2-5-15-6-7-16-12-4-3-10(13)9-11(12)14/h3-4,9,15-16H,2,5-8H2,1H3. The highest BCUT2D eigenvalue weighted by Crippen LogP contribution is 2.24. The first-order valence-corrected chi connectivity index (χ1v) is 6.38. The molecule has 0 spiro atoms. The zero-order valence-corrected chi connectivity index (χ0v) is 11.4. The van der Waals surface area contributed by atoms with Gasteiger partial charge in [0.25, 0.3) is 0 Å². The summed E-state index contributed by atoms with van der Waals surface area (Å²) in [6.07, 6.45) is 1.03. The van der Waals surface area contributed by atoms with Crippen molar-refractivity contribution in [3.05, 3.63) is 28.2 Å². The lowest BCUT2D eigenvalue weighted by molar-refractivity contribution is 0.194. The van der Waals surface area contributed by atoms with Crippen LogP contribution in [-0.2, 0) is 4.74 Å². The molecule has 0 atom stereocenters. The second-order valence-electron chi connectivity index (χ2n) is 3.65. The number of hydrogen-bond donors (Lipinski definition) is 2. The van der Waals surface area contributed by atoms with Crippen LogP contribution < -0.4 is 10.6 Å². The molecule has 2 N–H and O–H groups in total. The Bertz CT molecular complexity index is 334. The molecule has 1 aromatic carbocycles. The minimum absolute atomic E-state index is 0.650. The van der Waals surface area contributed by atoms with Crippen molar-refractivity contribution in [2.45, 2.75) is 6.42 Å². The topological polar surface area (TPSA) is 33.3 Å². The van der Waals surface area contributed by atoms with Gasteiger partial charge >= 0.3 is 0 Å². The van der Waals surface area contributed by atoms with Crippen molar-refractivity contribution in [2.75, 3.05) is 38.7 Å². The number of hydrogen-bond acceptors (Lipinski definition) is 3. The number of nitrogens with one attached hydrogen (secondary N) is 2. The van der Waals surface area contributed by atoms with E-state index in [1.54, 1.807) is 13.2 Å². The van der Waals surface area contributed by atoms with Gasteiger partial charge in [-0.2, -0.15) is 0 Å². The van der Waals surface area contributed by atoms with Crippen LogP contribution in [0.4, 0.5) is 5.69 Å². The molecule has 3 nitrogen and oxygen atoms in total. The van der Waals surface area contributed by atoms with Gasteiger partial charge in [0.05, 0.1) is 10.7 Å². The third-order valence-electron chi connectivity index (χ3n) is 2.25. The molecule has 0 unspecified atom stereocenters. The molecule has 0 aliphatic rings. The van der Waals surface area contributed by atoms with E-state index in [9.17, 15) is 0 Å². The summed E-state index contributed by atoms with van der Waals surface area (Å²) in [5, 5.41) is 7.86. The molecule has 96 valence electrons. The summed E-state index contributed by atoms with van der Waals surface area (Å²) in [6, 6.07) is 5.44. The summed E-state index contributed by atoms with van der Waals surface area (Å²) >= 11 is 11.8. The predicted molar refractivity (Wildman–Crippen MR) is 74.3 cm³/mol. The summed E-state index contributed by atoms with van der Waals surface area (Å²) in [5.41, 5.74) is 0.912. The van der Waals surface area contributed by atoms with E-state index in [-0.39, 0.29) is 0 Å². The predicted octanol–water partition coefficient (Wildman–Crippen LogP) is 3.03. The van der Waals surface area contributed by atoms with Crippen LogP contribution in [0.1, 0.15) is 6.42 Å². The first kappa shape index (κ1) is 14.6. The molecule has 0 bridgehead atoms. The number of ether oxygens (including phenoxy) is 1. The van der Waals surface area contributed by atoms with Crippen LogP contribution in [0.25, 0.3) is 0 Å². The molecule has 1 aromatic rings. The van der Waals surface area contributed by atoms with Crippen LogP contribution in [0.3, 0.4) is 0 Å². The average molecular weight is 277 g/mol. The maximum absolute atomic E-state index is 6.03. The highest BCUT2D eigenvalue weighted by molar-refractivity contribution is 6.36. The molecule has 1 rings (SSSR count). The second-order valence-corrected chi connectivity index (χ2v) is 4.49. The van der Waals surface area contributed by atoms with Crippen molar-refractivity contribution in [1.29, 1.82) is 0 Å². The van der Waals surface area contributed by atoms with Gasteiger partial charge in [-0.3, -0.25) is 0 Å². The van der Waals surface area contributed by atoms with Gasteiger partial charge in [-0.1, -0.05) is 23.2 Å². The molecule has 0 amide bonds. The van der Waals surface area contributed by atoms with E-state index in [0.29, 0.717) is 10.0 Å². The van der Waals surface area contributed by atoms with E-state index in [1.165, 1.54) is 0 Å². The van der Waals surface area contributed by atoms with Gasteiger partial charge in [0, 0.05) is 31.8 Å². The molecular formula is C12H18Cl2N2O. The second kappa shape index (κ2) is 8.59. The monoisotopic (exact) mass is 276 g/mol. The van der Waals surface area contributed by atoms with Crippen molar-refractivity contribution < 1.29 is 4.74 Å². The minimum Gasteiger partial charge on any atom is -0.385 e. The van der Waals surface area contributed by atoms with E-state index in [1.807, 2.05) is 12.1 Å². The van der Waals surface area contributed by atoms with Crippen LogP contribution in [0, 0.1) is 0 Å². The number of rotatable bonds is 8. The van der Waals surface area contributed by atoms with Crippen LogP contribution in [0.5, 0.6) is 0 Å². The number of halogens is 2. The van der Waals surface area contributed by atoms with Crippen LogP contribution in [0.15, 0.2) is 18.2 Å². The SMILES string of the molecule is COCCCNCCNc1ccc(Cl)cc1Cl. The quantitative estimate of drug-likeness (QED) is 0.717. The Kier molecular flexibility index (Phi) is 7.37. The average Bonchev–Trinajstić information content (AvgIpc) is 2.30. The largest absolute Gasteiger partial charge is 0.385 e. The third kappa shape index (κ3) is 6.13. The molecule has 0 heterocycles. The molecule has 5 heteroatoms. The third-order valence-corrected chi connectivity index (χ3v) is 2.80. The molecule has 0 radical (unpaired) electrons. The fourth-order valence-corrected chi connectivity index (χ4v) is 1.86. The lowest BCUT2D eigenvalue weighted by Gasteiger charge is -2.09. The van der Waals surface area contributed by atoms with Crippen molar-refractivity contribution in [1.82, 2.24) is 5.32 Å². The Morgan fingerprint density at radius 3 is 2.71 bits per heavy atom. The number of methoxy groups -OCH3 is 1. The normalized spacial score (nSPS) is 10.5. The number of benzene rings is 1. The van der Waals surface area contributed by atoms with Crippen LogP contribution in [0.2, 0.25) is 10.0 Å². The molecule has 0 fully saturated rings. The summed E-state index contributed by atoms with van der Waals surface area (Å²) in [5.74, 6) is 0. The van der Waals surface area contributed by atoms with Gasteiger partial charge < -0.3 is 15.4 Å². The minimum atomic E-state index is 0.650. The Hall–Kier alpha value is -0.480. The summed E-state index contributed by atoms with van der Waals surface area (Å²) in [6.45, 7) is 3.48. The van der Waals surface area contributed by atoms with E-state index in [4.69, 9.17) is 27.9 Å². The fourth-order valence-electron chi connectivity index (χ4n) is 1.38. The lowest BCUT2D eigenvalue weighted by atomic mass is 10.3. The van der Waals surface area contributed by atoms with E-state index < -0.39 is 0 Å². The maximum Gasteiger partial charge on any atom is 0.0652 e. The molecule has 0 saturated carbocycles. The maximum atomic E-state index is 6.03. The van der Waals surface area contributed by atoms with Crippen LogP contribution >= 0.6 is 23.2 Å². The first-order chi connectivity index (χ1) is 8.24. The van der Waals surface area contributed by atoms with Gasteiger partial charge in [0.2, 0.25) is 0 Å². The van der Waals surface area contributed by atoms with Gasteiger partial charge in [-0.25, -0.2) is 0 Å². The lowest BCUT2D eigenvalue weighted by Crippen LogP contribution is -2.23. The highest BCUT2D eigenvalue weighted by Gasteiger charge is 1.99. The van der Waals surface area contributed by atoms with Crippen molar-refractivity contribution in [3.63, 3.8) is 0 Å². The fraction of sp³-hybridized carbons (Fsp3) is 0.500. The molecule has 0 aliphatic carbocycles. The van der Waals surface area contributed by atoms with Gasteiger partial charge in [-0.05, 0) is 31.2 Å². The highest BCUT2D eigenvalue weighted by atomic mass is 35.5. The molecule has 0 aromatic heterocycles. The molecule has 17 heavy (non-hydrogen) atoms. The van der Waals surface area contributed by atoms with E-state index >= 15 is 0 Å². The molecule has 0 aliphatic heterocycles. The summed E-state index contributed by atoms with van der Waals surface area (Å²) < 4.78 is 4.96. The molecule has 0 saturated heterocycles.